The van der Waals surface area contributed by atoms with Gasteiger partial charge in [-0.1, -0.05) is 5.92 Å². The molecule has 38 heavy (non-hydrogen) atoms. The van der Waals surface area contributed by atoms with Crippen molar-refractivity contribution < 1.29 is 23.6 Å². The Morgan fingerprint density at radius 1 is 1.11 bits per heavy atom. The van der Waals surface area contributed by atoms with E-state index in [9.17, 15) is 14.9 Å². The highest BCUT2D eigenvalue weighted by Crippen LogP contribution is 2.27. The van der Waals surface area contributed by atoms with Crippen LogP contribution < -0.4 is 14.9 Å². The number of carbonyl (C=O) groups is 1. The Morgan fingerprint density at radius 2 is 1.84 bits per heavy atom. The minimum Gasteiger partial charge on any atom is -0.486 e. The average molecular weight is 513 g/mol. The number of rotatable bonds is 10. The number of hydrogen-bond donors (Lipinski definition) is 1. The maximum absolute atomic E-state index is 12.4. The number of nitro benzene ring substituents is 1. The lowest BCUT2D eigenvalue weighted by molar-refractivity contribution is -0.385. The molecular formula is C28H24N4O6. The highest BCUT2D eigenvalue weighted by atomic mass is 16.6. The largest absolute Gasteiger partial charge is 0.486 e. The van der Waals surface area contributed by atoms with E-state index in [1.807, 2.05) is 24.3 Å². The van der Waals surface area contributed by atoms with Gasteiger partial charge in [-0.2, -0.15) is 5.10 Å². The Hall–Kier alpha value is -5.30. The maximum atomic E-state index is 12.4. The van der Waals surface area contributed by atoms with Gasteiger partial charge in [-0.15, -0.1) is 6.42 Å². The van der Waals surface area contributed by atoms with Gasteiger partial charge in [-0.05, 0) is 74.5 Å². The Balaban J connectivity index is 1.32. The summed E-state index contributed by atoms with van der Waals surface area (Å²) in [6.07, 6.45) is 6.39. The van der Waals surface area contributed by atoms with Crippen LogP contribution in [-0.4, -0.2) is 28.2 Å². The fourth-order valence-electron chi connectivity index (χ4n) is 3.72. The molecule has 2 aromatic carbocycles. The second-order valence-corrected chi connectivity index (χ2v) is 8.18. The predicted octanol–water partition coefficient (Wildman–Crippen LogP) is 4.95. The third kappa shape index (κ3) is 6.09. The van der Waals surface area contributed by atoms with Gasteiger partial charge in [0.2, 0.25) is 0 Å². The normalized spacial score (nSPS) is 10.8. The molecule has 0 atom stereocenters. The van der Waals surface area contributed by atoms with Crippen LogP contribution in [0.5, 0.6) is 11.5 Å². The molecule has 10 heteroatoms. The zero-order valence-electron chi connectivity index (χ0n) is 20.7. The fourth-order valence-corrected chi connectivity index (χ4v) is 3.72. The standard InChI is InChI=1S/C28H24N4O6/c1-4-15-36-26-13-7-21(16-25(26)32(34)35)17-29-30-28(33)27-14-12-24(38-27)18-37-23-10-8-22(9-11-23)31-19(2)5-6-20(31)3/h1,5-14,16-17H,15,18H2,2-3H3,(H,30,33)/b29-17+. The molecule has 0 radical (unpaired) electrons. The number of hydrogen-bond acceptors (Lipinski definition) is 7. The number of furan rings is 1. The SMILES string of the molecule is C#CCOc1ccc(/C=N/NC(=O)c2ccc(COc3ccc(-n4c(C)ccc4C)cc3)o2)cc1[N+](=O)[O-]. The third-order valence-corrected chi connectivity index (χ3v) is 5.50. The predicted molar refractivity (Wildman–Crippen MR) is 141 cm³/mol. The lowest BCUT2D eigenvalue weighted by atomic mass is 10.2. The second kappa shape index (κ2) is 11.6. The van der Waals surface area contributed by atoms with Crippen molar-refractivity contribution in [2.24, 2.45) is 5.10 Å². The molecule has 0 fully saturated rings. The first kappa shape index (κ1) is 25.8. The summed E-state index contributed by atoms with van der Waals surface area (Å²) in [6.45, 7) is 4.14. The van der Waals surface area contributed by atoms with Crippen molar-refractivity contribution in [2.45, 2.75) is 20.5 Å². The van der Waals surface area contributed by atoms with Gasteiger partial charge >= 0.3 is 11.6 Å². The number of terminal acetylenes is 1. The summed E-state index contributed by atoms with van der Waals surface area (Å²) in [6, 6.07) is 19.2. The van der Waals surface area contributed by atoms with Crippen LogP contribution in [0, 0.1) is 36.3 Å². The molecule has 10 nitrogen and oxygen atoms in total. The molecule has 0 spiro atoms. The minimum atomic E-state index is -0.591. The Morgan fingerprint density at radius 3 is 2.53 bits per heavy atom. The van der Waals surface area contributed by atoms with Crippen LogP contribution in [0.1, 0.15) is 33.3 Å². The molecule has 4 rings (SSSR count). The molecule has 0 saturated carbocycles. The number of carbonyl (C=O) groups excluding carboxylic acids is 1. The third-order valence-electron chi connectivity index (χ3n) is 5.50. The van der Waals surface area contributed by atoms with Crippen molar-refractivity contribution in [2.75, 3.05) is 6.61 Å². The lowest BCUT2D eigenvalue weighted by Crippen LogP contribution is -2.16. The number of aryl methyl sites for hydroxylation is 2. The number of nitrogens with zero attached hydrogens (tertiary/aromatic N) is 3. The van der Waals surface area contributed by atoms with Crippen LogP contribution in [0.2, 0.25) is 0 Å². The van der Waals surface area contributed by atoms with E-state index < -0.39 is 10.8 Å². The first-order valence-corrected chi connectivity index (χ1v) is 11.5. The molecule has 0 bridgehead atoms. The van der Waals surface area contributed by atoms with E-state index in [0.29, 0.717) is 17.1 Å². The molecule has 0 saturated heterocycles. The number of benzene rings is 2. The van der Waals surface area contributed by atoms with Gasteiger partial charge in [-0.25, -0.2) is 5.43 Å². The number of amides is 1. The zero-order chi connectivity index (χ0) is 27.1. The van der Waals surface area contributed by atoms with Gasteiger partial charge in [0.25, 0.3) is 0 Å². The molecule has 0 aliphatic rings. The number of hydrazone groups is 1. The Labute approximate surface area is 218 Å². The van der Waals surface area contributed by atoms with E-state index in [2.05, 4.69) is 47.0 Å². The number of nitrogens with one attached hydrogen (secondary N) is 1. The summed E-state index contributed by atoms with van der Waals surface area (Å²) in [7, 11) is 0. The van der Waals surface area contributed by atoms with Crippen molar-refractivity contribution in [1.29, 1.82) is 0 Å². The van der Waals surface area contributed by atoms with E-state index in [4.69, 9.17) is 20.3 Å². The van der Waals surface area contributed by atoms with Crippen LogP contribution in [0.4, 0.5) is 5.69 Å². The maximum Gasteiger partial charge on any atom is 0.311 e. The van der Waals surface area contributed by atoms with Crippen molar-refractivity contribution in [3.8, 4) is 29.5 Å². The van der Waals surface area contributed by atoms with E-state index in [-0.39, 0.29) is 30.4 Å². The number of nitro groups is 1. The summed E-state index contributed by atoms with van der Waals surface area (Å²) in [5.41, 5.74) is 5.77. The minimum absolute atomic E-state index is 0.0404. The van der Waals surface area contributed by atoms with Gasteiger partial charge in [0.1, 0.15) is 24.7 Å². The van der Waals surface area contributed by atoms with Gasteiger partial charge in [0.05, 0.1) is 11.1 Å². The molecule has 2 aromatic heterocycles. The van der Waals surface area contributed by atoms with E-state index >= 15 is 0 Å². The molecule has 0 unspecified atom stereocenters. The molecule has 0 aliphatic carbocycles. The summed E-state index contributed by atoms with van der Waals surface area (Å²) < 4.78 is 18.6. The molecule has 1 N–H and O–H groups in total. The second-order valence-electron chi connectivity index (χ2n) is 8.18. The molecule has 2 heterocycles. The van der Waals surface area contributed by atoms with Crippen LogP contribution in [0.25, 0.3) is 5.69 Å². The topological polar surface area (TPSA) is 121 Å². The van der Waals surface area contributed by atoms with Gasteiger partial charge in [-0.3, -0.25) is 14.9 Å². The number of aromatic nitrogens is 1. The zero-order valence-corrected chi connectivity index (χ0v) is 20.7. The highest BCUT2D eigenvalue weighted by molar-refractivity contribution is 5.92. The quantitative estimate of drug-likeness (QED) is 0.139. The van der Waals surface area contributed by atoms with Crippen LogP contribution in [-0.2, 0) is 6.61 Å². The molecular weight excluding hydrogens is 488 g/mol. The summed E-state index contributed by atoms with van der Waals surface area (Å²) >= 11 is 0. The van der Waals surface area contributed by atoms with Gasteiger partial charge in [0.15, 0.2) is 11.5 Å². The highest BCUT2D eigenvalue weighted by Gasteiger charge is 2.16. The summed E-state index contributed by atoms with van der Waals surface area (Å²) in [5, 5.41) is 15.1. The molecule has 0 aliphatic heterocycles. The van der Waals surface area contributed by atoms with Gasteiger partial charge < -0.3 is 18.5 Å². The summed E-state index contributed by atoms with van der Waals surface area (Å²) in [4.78, 5) is 23.0. The first-order valence-electron chi connectivity index (χ1n) is 11.5. The average Bonchev–Trinajstić information content (AvgIpc) is 3.53. The smallest absolute Gasteiger partial charge is 0.311 e. The van der Waals surface area contributed by atoms with E-state index in [1.54, 1.807) is 12.1 Å². The van der Waals surface area contributed by atoms with E-state index in [1.165, 1.54) is 24.4 Å². The lowest BCUT2D eigenvalue weighted by Gasteiger charge is -2.10. The fraction of sp³-hybridized carbons (Fsp3) is 0.143. The Bertz CT molecular complexity index is 1510. The first-order chi connectivity index (χ1) is 18.4. The van der Waals surface area contributed by atoms with Crippen LogP contribution in [0.15, 0.2) is 76.2 Å². The van der Waals surface area contributed by atoms with E-state index in [0.717, 1.165) is 17.1 Å². The van der Waals surface area contributed by atoms with Gasteiger partial charge in [0, 0.05) is 28.7 Å². The van der Waals surface area contributed by atoms with Crippen molar-refractivity contribution in [3.05, 3.63) is 105 Å². The molecule has 1 amide bonds. The van der Waals surface area contributed by atoms with Crippen molar-refractivity contribution in [3.63, 3.8) is 0 Å². The van der Waals surface area contributed by atoms with Crippen molar-refractivity contribution in [1.82, 2.24) is 9.99 Å². The van der Waals surface area contributed by atoms with Crippen LogP contribution in [0.3, 0.4) is 0 Å². The molecule has 192 valence electrons. The van der Waals surface area contributed by atoms with Crippen LogP contribution >= 0.6 is 0 Å². The monoisotopic (exact) mass is 512 g/mol. The summed E-state index contributed by atoms with van der Waals surface area (Å²) in [5.74, 6) is 2.87. The van der Waals surface area contributed by atoms with Crippen molar-refractivity contribution >= 4 is 17.8 Å². The number of ether oxygens (including phenoxy) is 2. The molecule has 4 aromatic rings. The Kier molecular flexibility index (Phi) is 7.89.